The summed E-state index contributed by atoms with van der Waals surface area (Å²) in [6.45, 7) is 2.14. The van der Waals surface area contributed by atoms with Gasteiger partial charge in [-0.25, -0.2) is 4.79 Å². The van der Waals surface area contributed by atoms with Crippen molar-refractivity contribution in [3.8, 4) is 0 Å². The van der Waals surface area contributed by atoms with Crippen LogP contribution < -0.4 is 20.9 Å². The molecule has 0 spiro atoms. The lowest BCUT2D eigenvalue weighted by Crippen LogP contribution is -2.46. The van der Waals surface area contributed by atoms with Crippen molar-refractivity contribution >= 4 is 46.3 Å². The van der Waals surface area contributed by atoms with Crippen LogP contribution in [0.2, 0.25) is 5.02 Å². The number of rotatable bonds is 7. The van der Waals surface area contributed by atoms with Gasteiger partial charge in [-0.3, -0.25) is 4.79 Å². The van der Waals surface area contributed by atoms with Crippen molar-refractivity contribution in [2.75, 3.05) is 29.9 Å². The summed E-state index contributed by atoms with van der Waals surface area (Å²) in [5, 5.41) is 11.5. The molecule has 2 aromatic carbocycles. The zero-order chi connectivity index (χ0) is 23.0. The number of thiophene rings is 1. The minimum atomic E-state index is -0.235. The maximum Gasteiger partial charge on any atom is 0.319 e. The van der Waals surface area contributed by atoms with E-state index in [1.165, 1.54) is 4.88 Å². The van der Waals surface area contributed by atoms with E-state index in [0.29, 0.717) is 22.8 Å². The molecule has 0 aliphatic carbocycles. The Bertz CT molecular complexity index is 1080. The first-order valence-electron chi connectivity index (χ1n) is 11.1. The third-order valence-corrected chi connectivity index (χ3v) is 6.81. The van der Waals surface area contributed by atoms with Gasteiger partial charge in [-0.15, -0.1) is 11.3 Å². The average Bonchev–Trinajstić information content (AvgIpc) is 3.33. The summed E-state index contributed by atoms with van der Waals surface area (Å²) >= 11 is 7.68. The van der Waals surface area contributed by atoms with Crippen LogP contribution in [0, 0.1) is 0 Å². The predicted molar refractivity (Wildman–Crippen MR) is 136 cm³/mol. The molecule has 1 aliphatic rings. The summed E-state index contributed by atoms with van der Waals surface area (Å²) in [5.41, 5.74) is 2.29. The lowest BCUT2D eigenvalue weighted by atomic mass is 10.0. The summed E-state index contributed by atoms with van der Waals surface area (Å²) in [6, 6.07) is 18.7. The Balaban J connectivity index is 1.28. The maximum absolute atomic E-state index is 12.8. The second-order valence-electron chi connectivity index (χ2n) is 7.97. The Morgan fingerprint density at radius 2 is 1.85 bits per heavy atom. The number of halogens is 1. The van der Waals surface area contributed by atoms with E-state index in [1.807, 2.05) is 35.7 Å². The third kappa shape index (κ3) is 6.49. The number of para-hydroxylation sites is 1. The molecule has 8 heteroatoms. The van der Waals surface area contributed by atoms with Gasteiger partial charge in [-0.05, 0) is 61.0 Å². The highest BCUT2D eigenvalue weighted by Crippen LogP contribution is 2.24. The first-order chi connectivity index (χ1) is 16.1. The Morgan fingerprint density at radius 3 is 2.61 bits per heavy atom. The van der Waals surface area contributed by atoms with E-state index in [0.717, 1.165) is 38.0 Å². The number of benzene rings is 2. The second-order valence-corrected chi connectivity index (χ2v) is 9.44. The molecule has 3 N–H and O–H groups in total. The lowest BCUT2D eigenvalue weighted by Gasteiger charge is -2.34. The van der Waals surface area contributed by atoms with Crippen LogP contribution >= 0.6 is 22.9 Å². The van der Waals surface area contributed by atoms with E-state index in [-0.39, 0.29) is 18.0 Å². The zero-order valence-corrected chi connectivity index (χ0v) is 19.8. The van der Waals surface area contributed by atoms with E-state index >= 15 is 0 Å². The highest BCUT2D eigenvalue weighted by atomic mass is 35.5. The van der Waals surface area contributed by atoms with Crippen molar-refractivity contribution in [1.82, 2.24) is 10.6 Å². The maximum atomic E-state index is 12.8. The summed E-state index contributed by atoms with van der Waals surface area (Å²) in [5.74, 6) is -0.0525. The monoisotopic (exact) mass is 482 g/mol. The quantitative estimate of drug-likeness (QED) is 0.435. The van der Waals surface area contributed by atoms with Crippen LogP contribution in [-0.2, 0) is 6.42 Å². The van der Waals surface area contributed by atoms with Gasteiger partial charge >= 0.3 is 6.03 Å². The molecule has 1 aromatic heterocycles. The molecular weight excluding hydrogens is 456 g/mol. The van der Waals surface area contributed by atoms with Crippen LogP contribution in [0.4, 0.5) is 16.2 Å². The van der Waals surface area contributed by atoms with Crippen molar-refractivity contribution in [1.29, 1.82) is 0 Å². The van der Waals surface area contributed by atoms with Gasteiger partial charge in [0.2, 0.25) is 0 Å². The predicted octanol–water partition coefficient (Wildman–Crippen LogP) is 5.16. The second kappa shape index (κ2) is 11.2. The van der Waals surface area contributed by atoms with Gasteiger partial charge in [0.25, 0.3) is 5.91 Å². The number of piperidine rings is 1. The van der Waals surface area contributed by atoms with Crippen molar-refractivity contribution in [2.24, 2.45) is 0 Å². The highest BCUT2D eigenvalue weighted by molar-refractivity contribution is 7.09. The van der Waals surface area contributed by atoms with E-state index in [9.17, 15) is 9.59 Å². The fourth-order valence-electron chi connectivity index (χ4n) is 3.97. The average molecular weight is 483 g/mol. The Hall–Kier alpha value is -3.03. The molecule has 0 radical (unpaired) electrons. The molecule has 1 aliphatic heterocycles. The van der Waals surface area contributed by atoms with Crippen LogP contribution in [0.3, 0.4) is 0 Å². The van der Waals surface area contributed by atoms with Gasteiger partial charge < -0.3 is 20.9 Å². The van der Waals surface area contributed by atoms with Crippen LogP contribution in [0.1, 0.15) is 28.1 Å². The lowest BCUT2D eigenvalue weighted by molar-refractivity contribution is 0.0954. The molecule has 6 nitrogen and oxygen atoms in total. The summed E-state index contributed by atoms with van der Waals surface area (Å²) in [6.07, 6.45) is 2.44. The van der Waals surface area contributed by atoms with Gasteiger partial charge in [-0.1, -0.05) is 35.9 Å². The SMILES string of the molecule is O=C(Nc1cccc(Cl)c1)NC1CCN(c2ccccc2C(=O)NCCc2cccs2)CC1. The Kier molecular flexibility index (Phi) is 7.86. The van der Waals surface area contributed by atoms with Crippen molar-refractivity contribution in [3.05, 3.63) is 81.5 Å². The minimum absolute atomic E-state index is 0.0525. The summed E-state index contributed by atoms with van der Waals surface area (Å²) in [7, 11) is 0. The van der Waals surface area contributed by atoms with E-state index < -0.39 is 0 Å². The van der Waals surface area contributed by atoms with E-state index in [1.54, 1.807) is 35.6 Å². The van der Waals surface area contributed by atoms with Gasteiger partial charge in [0, 0.05) is 47.0 Å². The molecule has 172 valence electrons. The number of carbonyl (C=O) groups is 2. The fourth-order valence-corrected chi connectivity index (χ4v) is 4.87. The fraction of sp³-hybridized carbons (Fsp3) is 0.280. The zero-order valence-electron chi connectivity index (χ0n) is 18.2. The number of hydrogen-bond donors (Lipinski definition) is 3. The number of carbonyl (C=O) groups excluding carboxylic acids is 2. The molecule has 2 heterocycles. The minimum Gasteiger partial charge on any atom is -0.371 e. The molecule has 0 atom stereocenters. The van der Waals surface area contributed by atoms with Gasteiger partial charge in [0.1, 0.15) is 0 Å². The number of urea groups is 1. The van der Waals surface area contributed by atoms with Gasteiger partial charge in [0.15, 0.2) is 0 Å². The number of amides is 3. The molecular formula is C25H27ClN4O2S. The smallest absolute Gasteiger partial charge is 0.319 e. The van der Waals surface area contributed by atoms with Crippen LogP contribution in [0.25, 0.3) is 0 Å². The van der Waals surface area contributed by atoms with Crippen molar-refractivity contribution in [2.45, 2.75) is 25.3 Å². The number of nitrogens with one attached hydrogen (secondary N) is 3. The highest BCUT2D eigenvalue weighted by Gasteiger charge is 2.23. The Labute approximate surface area is 203 Å². The first kappa shape index (κ1) is 23.1. The topological polar surface area (TPSA) is 73.5 Å². The van der Waals surface area contributed by atoms with Crippen molar-refractivity contribution in [3.63, 3.8) is 0 Å². The molecule has 3 amide bonds. The van der Waals surface area contributed by atoms with E-state index in [2.05, 4.69) is 26.9 Å². The third-order valence-electron chi connectivity index (χ3n) is 5.64. The molecule has 33 heavy (non-hydrogen) atoms. The molecule has 0 saturated carbocycles. The van der Waals surface area contributed by atoms with Gasteiger partial charge in [-0.2, -0.15) is 0 Å². The van der Waals surface area contributed by atoms with Crippen molar-refractivity contribution < 1.29 is 9.59 Å². The van der Waals surface area contributed by atoms with E-state index in [4.69, 9.17) is 11.6 Å². The van der Waals surface area contributed by atoms with Crippen LogP contribution in [0.5, 0.6) is 0 Å². The largest absolute Gasteiger partial charge is 0.371 e. The number of nitrogens with zero attached hydrogens (tertiary/aromatic N) is 1. The molecule has 4 rings (SSSR count). The van der Waals surface area contributed by atoms with Gasteiger partial charge in [0.05, 0.1) is 5.56 Å². The van der Waals surface area contributed by atoms with Crippen LogP contribution in [0.15, 0.2) is 66.0 Å². The Morgan fingerprint density at radius 1 is 1.03 bits per heavy atom. The summed E-state index contributed by atoms with van der Waals surface area (Å²) < 4.78 is 0. The molecule has 0 bridgehead atoms. The summed E-state index contributed by atoms with van der Waals surface area (Å²) in [4.78, 5) is 28.7. The molecule has 0 unspecified atom stereocenters. The molecule has 1 saturated heterocycles. The number of anilines is 2. The normalized spacial score (nSPS) is 14.0. The molecule has 1 fully saturated rings. The standard InChI is InChI=1S/C25H27ClN4O2S/c26-18-5-3-6-20(17-18)29-25(32)28-19-11-14-30(15-12-19)23-9-2-1-8-22(23)24(31)27-13-10-21-7-4-16-33-21/h1-9,16-17,19H,10-15H2,(H,27,31)(H2,28,29,32). The van der Waals surface area contributed by atoms with Crippen LogP contribution in [-0.4, -0.2) is 37.6 Å². The number of hydrogen-bond acceptors (Lipinski definition) is 4. The first-order valence-corrected chi connectivity index (χ1v) is 12.3. The molecule has 3 aromatic rings.